The number of hydrogen-bond donors (Lipinski definition) is 2. The van der Waals surface area contributed by atoms with Crippen molar-refractivity contribution in [2.45, 2.75) is 13.0 Å². The van der Waals surface area contributed by atoms with Gasteiger partial charge in [-0.05, 0) is 36.8 Å². The fraction of sp³-hybridized carbons (Fsp3) is 0.250. The van der Waals surface area contributed by atoms with E-state index in [4.69, 9.17) is 32.7 Å². The molecule has 0 aromatic heterocycles. The lowest BCUT2D eigenvalue weighted by Gasteiger charge is -2.11. The number of benzene rings is 2. The third-order valence-corrected chi connectivity index (χ3v) is 4.38. The largest absolute Gasteiger partial charge is 0.488 e. The van der Waals surface area contributed by atoms with Gasteiger partial charge in [-0.3, -0.25) is 9.59 Å². The van der Waals surface area contributed by atoms with Crippen LogP contribution < -0.4 is 15.5 Å². The van der Waals surface area contributed by atoms with Gasteiger partial charge in [0.1, 0.15) is 18.2 Å². The summed E-state index contributed by atoms with van der Waals surface area (Å²) < 4.78 is 24.4. The number of methoxy groups -OCH3 is 1. The van der Waals surface area contributed by atoms with E-state index in [1.165, 1.54) is 18.3 Å². The monoisotopic (exact) mass is 455 g/mol. The molecule has 0 heterocycles. The van der Waals surface area contributed by atoms with Gasteiger partial charge in [0.05, 0.1) is 11.2 Å². The lowest BCUT2D eigenvalue weighted by atomic mass is 10.2. The minimum absolute atomic E-state index is 0.121. The van der Waals surface area contributed by atoms with Crippen molar-refractivity contribution in [3.8, 4) is 5.75 Å². The molecule has 0 radical (unpaired) electrons. The second-order valence-electron chi connectivity index (χ2n) is 5.97. The molecule has 30 heavy (non-hydrogen) atoms. The van der Waals surface area contributed by atoms with E-state index in [0.717, 1.165) is 0 Å². The maximum atomic E-state index is 13.9. The first-order valence-electron chi connectivity index (χ1n) is 8.87. The molecular weight excluding hydrogens is 436 g/mol. The lowest BCUT2D eigenvalue weighted by molar-refractivity contribution is -0.139. The van der Waals surface area contributed by atoms with Gasteiger partial charge < -0.3 is 14.8 Å². The Morgan fingerprint density at radius 3 is 2.73 bits per heavy atom. The zero-order chi connectivity index (χ0) is 21.9. The molecule has 0 saturated heterocycles. The first-order valence-corrected chi connectivity index (χ1v) is 9.63. The van der Waals surface area contributed by atoms with E-state index in [9.17, 15) is 14.0 Å². The summed E-state index contributed by atoms with van der Waals surface area (Å²) in [5, 5.41) is 6.82. The lowest BCUT2D eigenvalue weighted by Crippen LogP contribution is -2.38. The zero-order valence-electron chi connectivity index (χ0n) is 16.1. The highest BCUT2D eigenvalue weighted by Gasteiger charge is 2.12. The second-order valence-corrected chi connectivity index (χ2v) is 6.82. The Bertz CT molecular complexity index is 905. The highest BCUT2D eigenvalue weighted by Crippen LogP contribution is 2.25. The molecule has 2 aromatic rings. The van der Waals surface area contributed by atoms with E-state index in [2.05, 4.69) is 15.8 Å². The van der Waals surface area contributed by atoms with Gasteiger partial charge in [0.2, 0.25) is 0 Å². The Morgan fingerprint density at radius 2 is 2.00 bits per heavy atom. The summed E-state index contributed by atoms with van der Waals surface area (Å²) in [4.78, 5) is 23.4. The maximum absolute atomic E-state index is 13.9. The second kappa shape index (κ2) is 12.1. The molecule has 2 rings (SSSR count). The van der Waals surface area contributed by atoms with Crippen molar-refractivity contribution < 1.29 is 23.5 Å². The van der Waals surface area contributed by atoms with Crippen LogP contribution in [0.25, 0.3) is 0 Å². The molecule has 0 aliphatic heterocycles. The van der Waals surface area contributed by atoms with Crippen molar-refractivity contribution in [1.82, 2.24) is 10.7 Å². The molecule has 0 saturated carbocycles. The van der Waals surface area contributed by atoms with Crippen molar-refractivity contribution >= 4 is 41.2 Å². The van der Waals surface area contributed by atoms with Crippen LogP contribution in [0.3, 0.4) is 0 Å². The summed E-state index contributed by atoms with van der Waals surface area (Å²) in [5.41, 5.74) is 2.73. The molecule has 2 N–H and O–H groups in total. The molecule has 160 valence electrons. The number of nitrogens with one attached hydrogen (secondary N) is 2. The van der Waals surface area contributed by atoms with Gasteiger partial charge in [0.25, 0.3) is 0 Å². The molecule has 0 spiro atoms. The number of halogens is 3. The summed E-state index contributed by atoms with van der Waals surface area (Å²) >= 11 is 12.0. The molecular formula is C20H20Cl2FN3O4. The quantitative estimate of drug-likeness (QED) is 0.262. The number of nitrogens with zero attached hydrogens (tertiary/aromatic N) is 1. The van der Waals surface area contributed by atoms with Crippen LogP contribution in [-0.2, 0) is 20.9 Å². The van der Waals surface area contributed by atoms with E-state index >= 15 is 0 Å². The highest BCUT2D eigenvalue weighted by molar-refractivity contribution is 6.35. The van der Waals surface area contributed by atoms with Gasteiger partial charge in [-0.15, -0.1) is 0 Å². The molecule has 0 atom stereocenters. The van der Waals surface area contributed by atoms with Gasteiger partial charge in [-0.25, -0.2) is 9.82 Å². The molecule has 0 aliphatic rings. The first-order chi connectivity index (χ1) is 14.4. The van der Waals surface area contributed by atoms with E-state index in [0.29, 0.717) is 35.9 Å². The Labute approximate surface area is 183 Å². The number of hydrazone groups is 1. The van der Waals surface area contributed by atoms with E-state index in [-0.39, 0.29) is 17.2 Å². The fourth-order valence-electron chi connectivity index (χ4n) is 2.28. The van der Waals surface area contributed by atoms with E-state index in [1.807, 2.05) is 0 Å². The number of carbonyl (C=O) groups is 2. The van der Waals surface area contributed by atoms with Crippen LogP contribution in [0.1, 0.15) is 17.5 Å². The van der Waals surface area contributed by atoms with Crippen LogP contribution in [0.15, 0.2) is 41.5 Å². The number of amides is 2. The van der Waals surface area contributed by atoms with Crippen molar-refractivity contribution in [3.63, 3.8) is 0 Å². The van der Waals surface area contributed by atoms with Gasteiger partial charge in [0.15, 0.2) is 0 Å². The molecule has 0 aliphatic carbocycles. The Hall–Kier alpha value is -2.68. The predicted octanol–water partition coefficient (Wildman–Crippen LogP) is 3.31. The summed E-state index contributed by atoms with van der Waals surface area (Å²) in [7, 11) is 1.54. The van der Waals surface area contributed by atoms with Gasteiger partial charge in [-0.2, -0.15) is 5.10 Å². The molecule has 10 heteroatoms. The third kappa shape index (κ3) is 7.29. The van der Waals surface area contributed by atoms with E-state index in [1.54, 1.807) is 31.4 Å². The van der Waals surface area contributed by atoms with Crippen LogP contribution in [0.5, 0.6) is 5.75 Å². The van der Waals surface area contributed by atoms with Crippen molar-refractivity contribution in [2.24, 2.45) is 5.10 Å². The predicted molar refractivity (Wildman–Crippen MR) is 112 cm³/mol. The molecule has 0 unspecified atom stereocenters. The van der Waals surface area contributed by atoms with Crippen LogP contribution in [0, 0.1) is 5.82 Å². The Kier molecular flexibility index (Phi) is 9.53. The van der Waals surface area contributed by atoms with Gasteiger partial charge >= 0.3 is 11.8 Å². The average molecular weight is 456 g/mol. The van der Waals surface area contributed by atoms with Crippen LogP contribution in [0.2, 0.25) is 10.0 Å². The van der Waals surface area contributed by atoms with Crippen molar-refractivity contribution in [1.29, 1.82) is 0 Å². The standard InChI is InChI=1S/C20H20Cl2FN3O4/c1-29-9-3-8-24-19(27)20(28)26-25-11-13-10-14(21)6-7-18(13)30-12-15-16(22)4-2-5-17(15)23/h2,4-7,10-11H,3,8-9,12H2,1H3,(H,24,27)(H,26,28)/b25-11-. The smallest absolute Gasteiger partial charge is 0.329 e. The van der Waals surface area contributed by atoms with Crippen LogP contribution >= 0.6 is 23.2 Å². The average Bonchev–Trinajstić information content (AvgIpc) is 2.72. The van der Waals surface area contributed by atoms with Crippen molar-refractivity contribution in [3.05, 3.63) is 63.4 Å². The molecule has 2 aromatic carbocycles. The number of hydrogen-bond acceptors (Lipinski definition) is 5. The molecule has 2 amide bonds. The first kappa shape index (κ1) is 23.6. The summed E-state index contributed by atoms with van der Waals surface area (Å²) in [5.74, 6) is -1.90. The van der Waals surface area contributed by atoms with E-state index < -0.39 is 17.6 Å². The van der Waals surface area contributed by atoms with Crippen molar-refractivity contribution in [2.75, 3.05) is 20.3 Å². The minimum Gasteiger partial charge on any atom is -0.488 e. The minimum atomic E-state index is -0.925. The molecule has 0 bridgehead atoms. The van der Waals surface area contributed by atoms with Gasteiger partial charge in [-0.1, -0.05) is 29.3 Å². The Balaban J connectivity index is 1.99. The van der Waals surface area contributed by atoms with Gasteiger partial charge in [0, 0.05) is 36.4 Å². The SMILES string of the molecule is COCCCNC(=O)C(=O)N/N=C\c1cc(Cl)ccc1OCc1c(F)cccc1Cl. The zero-order valence-corrected chi connectivity index (χ0v) is 17.6. The summed E-state index contributed by atoms with van der Waals surface area (Å²) in [6.45, 7) is 0.647. The normalized spacial score (nSPS) is 10.8. The Morgan fingerprint density at radius 1 is 1.20 bits per heavy atom. The fourth-order valence-corrected chi connectivity index (χ4v) is 2.68. The molecule has 0 fully saturated rings. The molecule has 7 nitrogen and oxygen atoms in total. The van der Waals surface area contributed by atoms with Crippen LogP contribution in [-0.4, -0.2) is 38.3 Å². The number of ether oxygens (including phenoxy) is 2. The topological polar surface area (TPSA) is 89.0 Å². The third-order valence-electron chi connectivity index (χ3n) is 3.79. The summed E-state index contributed by atoms with van der Waals surface area (Å²) in [6, 6.07) is 9.04. The van der Waals surface area contributed by atoms with Crippen LogP contribution in [0.4, 0.5) is 4.39 Å². The highest BCUT2D eigenvalue weighted by atomic mass is 35.5. The summed E-state index contributed by atoms with van der Waals surface area (Å²) in [6.07, 6.45) is 1.84. The number of rotatable bonds is 9. The maximum Gasteiger partial charge on any atom is 0.329 e. The number of carbonyl (C=O) groups excluding carboxylic acids is 2.